The van der Waals surface area contributed by atoms with Crippen LogP contribution >= 0.6 is 0 Å². The van der Waals surface area contributed by atoms with E-state index in [0.717, 1.165) is 11.7 Å². The van der Waals surface area contributed by atoms with Crippen molar-refractivity contribution in [1.82, 2.24) is 0 Å². The minimum Gasteiger partial charge on any atom is -0.534 e. The number of hydrogen-bond donors (Lipinski definition) is 1. The molecular formula is C12H16BNO4S. The Bertz CT molecular complexity index is 595. The first-order valence-electron chi connectivity index (χ1n) is 5.79. The molecule has 0 atom stereocenters. The van der Waals surface area contributed by atoms with Gasteiger partial charge in [-0.2, -0.15) is 0 Å². The minimum absolute atomic E-state index is 0.502. The maximum atomic E-state index is 11.1. The van der Waals surface area contributed by atoms with Crippen LogP contribution in [0.15, 0.2) is 36.6 Å². The van der Waals surface area contributed by atoms with Crippen LogP contribution in [0.4, 0.5) is 5.69 Å². The lowest BCUT2D eigenvalue weighted by Crippen LogP contribution is -2.34. The predicted octanol–water partition coefficient (Wildman–Crippen LogP) is 1.09. The largest absolute Gasteiger partial charge is 0.563 e. The van der Waals surface area contributed by atoms with Gasteiger partial charge in [0.05, 0.1) is 12.0 Å². The zero-order valence-corrected chi connectivity index (χ0v) is 12.0. The lowest BCUT2D eigenvalue weighted by molar-refractivity contribution is 0.173. The predicted molar refractivity (Wildman–Crippen MR) is 75.7 cm³/mol. The van der Waals surface area contributed by atoms with Crippen LogP contribution in [-0.4, -0.2) is 27.4 Å². The number of sulfonamides is 1. The van der Waals surface area contributed by atoms with E-state index in [0.29, 0.717) is 11.4 Å². The molecule has 0 aromatic heterocycles. The van der Waals surface area contributed by atoms with E-state index in [2.05, 4.69) is 11.3 Å². The highest BCUT2D eigenvalue weighted by Crippen LogP contribution is 2.29. The molecule has 19 heavy (non-hydrogen) atoms. The SMILES string of the molecule is C=C1OB(c2ccc(NS(C)(=O)=O)cc2)OC1(C)C. The fourth-order valence-corrected chi connectivity index (χ4v) is 2.25. The molecule has 0 bridgehead atoms. The third-order valence-electron chi connectivity index (χ3n) is 2.81. The van der Waals surface area contributed by atoms with E-state index in [9.17, 15) is 8.42 Å². The van der Waals surface area contributed by atoms with Crippen molar-refractivity contribution >= 4 is 28.3 Å². The van der Waals surface area contributed by atoms with Crippen molar-refractivity contribution in [2.75, 3.05) is 11.0 Å². The molecule has 2 rings (SSSR count). The molecule has 5 nitrogen and oxygen atoms in total. The fourth-order valence-electron chi connectivity index (χ4n) is 1.69. The Hall–Kier alpha value is -1.47. The summed E-state index contributed by atoms with van der Waals surface area (Å²) in [4.78, 5) is 0. The Morgan fingerprint density at radius 2 is 1.84 bits per heavy atom. The molecule has 102 valence electrons. The van der Waals surface area contributed by atoms with Gasteiger partial charge in [-0.05, 0) is 31.4 Å². The van der Waals surface area contributed by atoms with Crippen LogP contribution in [-0.2, 0) is 19.3 Å². The normalized spacial score (nSPS) is 18.3. The maximum Gasteiger partial charge on any atom is 0.563 e. The van der Waals surface area contributed by atoms with Crippen molar-refractivity contribution < 1.29 is 17.7 Å². The third-order valence-corrected chi connectivity index (χ3v) is 3.42. The van der Waals surface area contributed by atoms with Crippen LogP contribution in [0.1, 0.15) is 13.8 Å². The molecule has 1 aliphatic rings. The average molecular weight is 281 g/mol. The maximum absolute atomic E-state index is 11.1. The van der Waals surface area contributed by atoms with Gasteiger partial charge in [0.1, 0.15) is 5.60 Å². The van der Waals surface area contributed by atoms with E-state index >= 15 is 0 Å². The quantitative estimate of drug-likeness (QED) is 0.842. The van der Waals surface area contributed by atoms with Crippen molar-refractivity contribution in [3.8, 4) is 0 Å². The molecule has 1 aromatic rings. The molecule has 0 spiro atoms. The molecule has 1 heterocycles. The Balaban J connectivity index is 2.14. The van der Waals surface area contributed by atoms with Crippen molar-refractivity contribution in [1.29, 1.82) is 0 Å². The molecule has 1 fully saturated rings. The highest BCUT2D eigenvalue weighted by atomic mass is 32.2. The Morgan fingerprint density at radius 3 is 2.26 bits per heavy atom. The van der Waals surface area contributed by atoms with Gasteiger partial charge in [0.15, 0.2) is 0 Å². The molecule has 0 unspecified atom stereocenters. The van der Waals surface area contributed by atoms with Gasteiger partial charge >= 0.3 is 7.12 Å². The first kappa shape index (κ1) is 14.0. The zero-order valence-electron chi connectivity index (χ0n) is 11.1. The smallest absolute Gasteiger partial charge is 0.534 e. The topological polar surface area (TPSA) is 64.6 Å². The van der Waals surface area contributed by atoms with Gasteiger partial charge in [-0.25, -0.2) is 8.42 Å². The van der Waals surface area contributed by atoms with Crippen LogP contribution in [0.3, 0.4) is 0 Å². The molecule has 1 saturated heterocycles. The summed E-state index contributed by atoms with van der Waals surface area (Å²) in [6.07, 6.45) is 1.11. The molecule has 7 heteroatoms. The van der Waals surface area contributed by atoms with Crippen LogP contribution < -0.4 is 10.2 Å². The summed E-state index contributed by atoms with van der Waals surface area (Å²) in [5.74, 6) is 0.579. The summed E-state index contributed by atoms with van der Waals surface area (Å²) in [5, 5.41) is 0. The summed E-state index contributed by atoms with van der Waals surface area (Å²) in [6, 6.07) is 6.84. The van der Waals surface area contributed by atoms with Crippen molar-refractivity contribution in [3.63, 3.8) is 0 Å². The van der Waals surface area contributed by atoms with Crippen LogP contribution in [0, 0.1) is 0 Å². The van der Waals surface area contributed by atoms with E-state index in [1.54, 1.807) is 24.3 Å². The van der Waals surface area contributed by atoms with Crippen LogP contribution in [0.2, 0.25) is 0 Å². The summed E-state index contributed by atoms with van der Waals surface area (Å²) in [6.45, 7) is 7.58. The van der Waals surface area contributed by atoms with Crippen molar-refractivity contribution in [2.45, 2.75) is 19.4 Å². The number of benzene rings is 1. The first-order chi connectivity index (χ1) is 8.67. The summed E-state index contributed by atoms with van der Waals surface area (Å²) in [5.41, 5.74) is 0.794. The molecule has 1 aromatic carbocycles. The monoisotopic (exact) mass is 281 g/mol. The lowest BCUT2D eigenvalue weighted by atomic mass is 9.79. The van der Waals surface area contributed by atoms with Gasteiger partial charge < -0.3 is 9.31 Å². The van der Waals surface area contributed by atoms with Gasteiger partial charge in [0, 0.05) is 5.69 Å². The van der Waals surface area contributed by atoms with Crippen LogP contribution in [0.25, 0.3) is 0 Å². The second kappa shape index (κ2) is 4.57. The Labute approximate surface area is 113 Å². The van der Waals surface area contributed by atoms with E-state index < -0.39 is 22.7 Å². The molecule has 0 amide bonds. The molecule has 0 radical (unpaired) electrons. The number of anilines is 1. The summed E-state index contributed by atoms with van der Waals surface area (Å²) in [7, 11) is -3.77. The molecule has 0 saturated carbocycles. The van der Waals surface area contributed by atoms with E-state index in [-0.39, 0.29) is 0 Å². The molecule has 0 aliphatic carbocycles. The average Bonchev–Trinajstić information content (AvgIpc) is 2.52. The fraction of sp³-hybridized carbons (Fsp3) is 0.333. The van der Waals surface area contributed by atoms with Crippen molar-refractivity contribution in [2.24, 2.45) is 0 Å². The second-order valence-corrected chi connectivity index (χ2v) is 6.75. The first-order valence-corrected chi connectivity index (χ1v) is 7.68. The molecule has 1 aliphatic heterocycles. The zero-order chi connectivity index (χ0) is 14.3. The van der Waals surface area contributed by atoms with E-state index in [1.165, 1.54) is 0 Å². The van der Waals surface area contributed by atoms with Gasteiger partial charge in [-0.3, -0.25) is 4.72 Å². The second-order valence-electron chi connectivity index (χ2n) is 5.00. The lowest BCUT2D eigenvalue weighted by Gasteiger charge is -2.15. The van der Waals surface area contributed by atoms with E-state index in [1.807, 2.05) is 13.8 Å². The summed E-state index contributed by atoms with van der Waals surface area (Å²) < 4.78 is 35.9. The van der Waals surface area contributed by atoms with Gasteiger partial charge in [0.2, 0.25) is 10.0 Å². The van der Waals surface area contributed by atoms with Crippen molar-refractivity contribution in [3.05, 3.63) is 36.6 Å². The minimum atomic E-state index is -3.26. The standard InChI is InChI=1S/C12H16BNO4S/c1-9-12(2,3)18-13(17-9)10-5-7-11(8-6-10)14-19(4,15)16/h5-8,14H,1H2,2-4H3. The van der Waals surface area contributed by atoms with Crippen LogP contribution in [0.5, 0.6) is 0 Å². The van der Waals surface area contributed by atoms with Gasteiger partial charge in [0.25, 0.3) is 0 Å². The molecule has 1 N–H and O–H groups in total. The highest BCUT2D eigenvalue weighted by Gasteiger charge is 2.42. The van der Waals surface area contributed by atoms with E-state index in [4.69, 9.17) is 9.31 Å². The summed E-state index contributed by atoms with van der Waals surface area (Å²) >= 11 is 0. The Kier molecular flexibility index (Phi) is 3.36. The Morgan fingerprint density at radius 1 is 1.26 bits per heavy atom. The number of rotatable bonds is 3. The number of nitrogens with one attached hydrogen (secondary N) is 1. The van der Waals surface area contributed by atoms with Gasteiger partial charge in [-0.1, -0.05) is 18.7 Å². The highest BCUT2D eigenvalue weighted by molar-refractivity contribution is 7.92. The third kappa shape index (κ3) is 3.30. The molecular weight excluding hydrogens is 265 g/mol. The van der Waals surface area contributed by atoms with Gasteiger partial charge in [-0.15, -0.1) is 0 Å². The number of hydrogen-bond acceptors (Lipinski definition) is 4.